The normalized spacial score (nSPS) is 24.8. The minimum absolute atomic E-state index is 0.260. The number of nitrogens with one attached hydrogen (secondary N) is 2. The SMILES string of the molecule is CCCCCCCCCCCCO[C@@H]1O[C@H](C(=O)NCCCCC(NC(C)(C)C)C(=O)O)C(O)[C@H](O)[C@H]1O. The maximum absolute atomic E-state index is 12.6. The molecule has 1 amide bonds. The fraction of sp³-hybridized carbons (Fsp3) is 0.929. The number of rotatable bonds is 20. The van der Waals surface area contributed by atoms with Crippen molar-refractivity contribution in [2.45, 2.75) is 153 Å². The maximum atomic E-state index is 12.6. The van der Waals surface area contributed by atoms with Crippen molar-refractivity contribution in [2.24, 2.45) is 0 Å². The zero-order chi connectivity index (χ0) is 28.6. The molecule has 0 aromatic carbocycles. The quantitative estimate of drug-likeness (QED) is 0.126. The summed E-state index contributed by atoms with van der Waals surface area (Å²) < 4.78 is 11.1. The van der Waals surface area contributed by atoms with Gasteiger partial charge < -0.3 is 35.2 Å². The van der Waals surface area contributed by atoms with Gasteiger partial charge in [0.25, 0.3) is 5.91 Å². The second-order valence-corrected chi connectivity index (χ2v) is 11.5. The molecule has 10 heteroatoms. The molecule has 1 saturated heterocycles. The van der Waals surface area contributed by atoms with Crippen LogP contribution in [0.1, 0.15) is 111 Å². The number of carboxylic acid groups (broad SMARTS) is 1. The van der Waals surface area contributed by atoms with Gasteiger partial charge in [-0.2, -0.15) is 0 Å². The van der Waals surface area contributed by atoms with E-state index in [-0.39, 0.29) is 12.1 Å². The number of aliphatic carboxylic acids is 1. The van der Waals surface area contributed by atoms with Crippen LogP contribution in [0.5, 0.6) is 0 Å². The van der Waals surface area contributed by atoms with Gasteiger partial charge in [0.2, 0.25) is 0 Å². The van der Waals surface area contributed by atoms with Crippen LogP contribution in [0.25, 0.3) is 0 Å². The predicted molar refractivity (Wildman–Crippen MR) is 146 cm³/mol. The summed E-state index contributed by atoms with van der Waals surface area (Å²) in [6.45, 7) is 8.50. The Hall–Kier alpha value is -1.30. The van der Waals surface area contributed by atoms with Gasteiger partial charge >= 0.3 is 5.97 Å². The summed E-state index contributed by atoms with van der Waals surface area (Å²) in [7, 11) is 0. The molecular weight excluding hydrogens is 492 g/mol. The molecule has 0 radical (unpaired) electrons. The number of aliphatic hydroxyl groups excluding tert-OH is 3. The Kier molecular flexibility index (Phi) is 17.3. The fourth-order valence-corrected chi connectivity index (χ4v) is 4.56. The second-order valence-electron chi connectivity index (χ2n) is 11.5. The smallest absolute Gasteiger partial charge is 0.320 e. The molecule has 1 heterocycles. The molecule has 10 nitrogen and oxygen atoms in total. The lowest BCUT2D eigenvalue weighted by Gasteiger charge is -2.39. The van der Waals surface area contributed by atoms with Crippen LogP contribution in [-0.4, -0.2) is 87.7 Å². The molecular formula is C28H54N2O8. The van der Waals surface area contributed by atoms with E-state index >= 15 is 0 Å². The third-order valence-electron chi connectivity index (χ3n) is 6.73. The Balaban J connectivity index is 2.32. The Labute approximate surface area is 228 Å². The Morgan fingerprint density at radius 1 is 0.842 bits per heavy atom. The van der Waals surface area contributed by atoms with Crippen LogP contribution in [0.15, 0.2) is 0 Å². The molecule has 0 aromatic rings. The first kappa shape index (κ1) is 34.7. The molecule has 1 aliphatic heterocycles. The highest BCUT2D eigenvalue weighted by atomic mass is 16.7. The highest BCUT2D eigenvalue weighted by molar-refractivity contribution is 5.81. The van der Waals surface area contributed by atoms with E-state index in [1.54, 1.807) is 0 Å². The van der Waals surface area contributed by atoms with Crippen LogP contribution in [-0.2, 0) is 19.1 Å². The summed E-state index contributed by atoms with van der Waals surface area (Å²) in [4.78, 5) is 24.0. The number of aliphatic hydroxyl groups is 3. The molecule has 1 fully saturated rings. The van der Waals surface area contributed by atoms with Crippen molar-refractivity contribution >= 4 is 11.9 Å². The van der Waals surface area contributed by atoms with Crippen molar-refractivity contribution in [1.29, 1.82) is 0 Å². The van der Waals surface area contributed by atoms with Crippen molar-refractivity contribution in [3.8, 4) is 0 Å². The molecule has 2 unspecified atom stereocenters. The number of carboxylic acids is 1. The van der Waals surface area contributed by atoms with Crippen LogP contribution >= 0.6 is 0 Å². The molecule has 0 aromatic heterocycles. The van der Waals surface area contributed by atoms with E-state index in [9.17, 15) is 30.0 Å². The first-order chi connectivity index (χ1) is 18.0. The van der Waals surface area contributed by atoms with E-state index in [1.165, 1.54) is 44.9 Å². The number of hydrogen-bond acceptors (Lipinski definition) is 8. The first-order valence-electron chi connectivity index (χ1n) is 14.6. The van der Waals surface area contributed by atoms with Crippen LogP contribution in [0.4, 0.5) is 0 Å². The Bertz CT molecular complexity index is 657. The van der Waals surface area contributed by atoms with Crippen molar-refractivity contribution in [3.05, 3.63) is 0 Å². The average Bonchev–Trinajstić information content (AvgIpc) is 2.85. The standard InChI is InChI=1S/C28H54N2O8/c1-5-6-7-8-9-10-11-12-13-16-19-37-27-23(33)21(31)22(32)24(38-27)25(34)29-18-15-14-17-20(26(35)36)30-28(2,3)4/h20-24,27,30-33H,5-19H2,1-4H3,(H,29,34)(H,35,36)/t20?,21-,22?,23+,24-,27+/m0/s1. The van der Waals surface area contributed by atoms with Crippen LogP contribution in [0.3, 0.4) is 0 Å². The third kappa shape index (κ3) is 14.2. The minimum atomic E-state index is -1.59. The number of ether oxygens (including phenoxy) is 2. The van der Waals surface area contributed by atoms with Gasteiger partial charge in [0.05, 0.1) is 0 Å². The average molecular weight is 547 g/mol. The van der Waals surface area contributed by atoms with Crippen LogP contribution in [0.2, 0.25) is 0 Å². The summed E-state index contributed by atoms with van der Waals surface area (Å²) in [5.41, 5.74) is -0.330. The molecule has 0 aliphatic carbocycles. The molecule has 38 heavy (non-hydrogen) atoms. The summed E-state index contributed by atoms with van der Waals surface area (Å²) in [5, 5.41) is 45.9. The lowest BCUT2D eigenvalue weighted by atomic mass is 9.98. The van der Waals surface area contributed by atoms with Crippen molar-refractivity contribution in [3.63, 3.8) is 0 Å². The molecule has 1 rings (SSSR count). The summed E-state index contributed by atoms with van der Waals surface area (Å²) in [6, 6.07) is -0.681. The minimum Gasteiger partial charge on any atom is -0.480 e. The van der Waals surface area contributed by atoms with Gasteiger partial charge in [-0.1, -0.05) is 64.7 Å². The van der Waals surface area contributed by atoms with E-state index < -0.39 is 48.6 Å². The molecule has 1 aliphatic rings. The largest absolute Gasteiger partial charge is 0.480 e. The van der Waals surface area contributed by atoms with Gasteiger partial charge in [0, 0.05) is 18.7 Å². The summed E-state index contributed by atoms with van der Waals surface area (Å²) in [5.74, 6) is -1.53. The predicted octanol–water partition coefficient (Wildman–Crippen LogP) is 2.86. The highest BCUT2D eigenvalue weighted by Gasteiger charge is 2.47. The zero-order valence-corrected chi connectivity index (χ0v) is 24.0. The number of carbonyl (C=O) groups is 2. The molecule has 0 spiro atoms. The van der Waals surface area contributed by atoms with Gasteiger partial charge in [-0.25, -0.2) is 0 Å². The molecule has 6 atom stereocenters. The van der Waals surface area contributed by atoms with Gasteiger partial charge in [0.1, 0.15) is 24.4 Å². The number of amides is 1. The third-order valence-corrected chi connectivity index (χ3v) is 6.73. The number of unbranched alkanes of at least 4 members (excludes halogenated alkanes) is 10. The fourth-order valence-electron chi connectivity index (χ4n) is 4.56. The van der Waals surface area contributed by atoms with Crippen molar-refractivity contribution in [1.82, 2.24) is 10.6 Å². The van der Waals surface area contributed by atoms with Gasteiger partial charge in [-0.05, 0) is 46.5 Å². The van der Waals surface area contributed by atoms with E-state index in [0.29, 0.717) is 25.9 Å². The van der Waals surface area contributed by atoms with Crippen LogP contribution in [0, 0.1) is 0 Å². The van der Waals surface area contributed by atoms with E-state index in [1.807, 2.05) is 20.8 Å². The Morgan fingerprint density at radius 2 is 1.42 bits per heavy atom. The van der Waals surface area contributed by atoms with Gasteiger partial charge in [-0.15, -0.1) is 0 Å². The zero-order valence-electron chi connectivity index (χ0n) is 24.0. The lowest BCUT2D eigenvalue weighted by Crippen LogP contribution is -2.62. The molecule has 0 saturated carbocycles. The van der Waals surface area contributed by atoms with Crippen molar-refractivity contribution in [2.75, 3.05) is 13.2 Å². The topological polar surface area (TPSA) is 158 Å². The summed E-state index contributed by atoms with van der Waals surface area (Å²) >= 11 is 0. The van der Waals surface area contributed by atoms with Crippen molar-refractivity contribution < 1.29 is 39.5 Å². The molecule has 6 N–H and O–H groups in total. The maximum Gasteiger partial charge on any atom is 0.320 e. The van der Waals surface area contributed by atoms with E-state index in [0.717, 1.165) is 19.3 Å². The van der Waals surface area contributed by atoms with Crippen LogP contribution < -0.4 is 10.6 Å². The van der Waals surface area contributed by atoms with E-state index in [4.69, 9.17) is 9.47 Å². The first-order valence-corrected chi connectivity index (χ1v) is 14.6. The number of carbonyl (C=O) groups excluding carboxylic acids is 1. The van der Waals surface area contributed by atoms with E-state index in [2.05, 4.69) is 17.6 Å². The molecule has 0 bridgehead atoms. The van der Waals surface area contributed by atoms with Gasteiger partial charge in [-0.3, -0.25) is 14.9 Å². The Morgan fingerprint density at radius 3 is 1.97 bits per heavy atom. The second kappa shape index (κ2) is 18.9. The summed E-state index contributed by atoms with van der Waals surface area (Å²) in [6.07, 6.45) is 6.08. The monoisotopic (exact) mass is 546 g/mol. The van der Waals surface area contributed by atoms with Gasteiger partial charge in [0.15, 0.2) is 12.4 Å². The lowest BCUT2D eigenvalue weighted by molar-refractivity contribution is -0.290. The highest BCUT2D eigenvalue weighted by Crippen LogP contribution is 2.23. The molecule has 224 valence electrons. The number of hydrogen-bond donors (Lipinski definition) is 6.